The van der Waals surface area contributed by atoms with Crippen molar-refractivity contribution in [2.24, 2.45) is 0 Å². The van der Waals surface area contributed by atoms with Gasteiger partial charge in [0, 0.05) is 0 Å². The summed E-state index contributed by atoms with van der Waals surface area (Å²) in [6.07, 6.45) is 9.86. The second kappa shape index (κ2) is 12.3. The summed E-state index contributed by atoms with van der Waals surface area (Å²) in [5.74, 6) is 0. The van der Waals surface area contributed by atoms with Crippen molar-refractivity contribution in [2.75, 3.05) is 25.7 Å². The van der Waals surface area contributed by atoms with Crippen LogP contribution in [0.25, 0.3) is 0 Å². The van der Waals surface area contributed by atoms with E-state index in [1.54, 1.807) is 12.2 Å². The van der Waals surface area contributed by atoms with E-state index in [4.69, 9.17) is 0 Å². The fourth-order valence-electron chi connectivity index (χ4n) is 3.62. The van der Waals surface area contributed by atoms with Gasteiger partial charge in [0.25, 0.3) is 0 Å². The molecule has 5 heteroatoms. The Morgan fingerprint density at radius 1 is 0.600 bits per heavy atom. The molecule has 0 atom stereocenters. The summed E-state index contributed by atoms with van der Waals surface area (Å²) in [6, 6.07) is 0. The third kappa shape index (κ3) is 7.07. The van der Waals surface area contributed by atoms with Gasteiger partial charge in [0.2, 0.25) is 0 Å². The molecule has 0 unspecified atom stereocenters. The molecule has 0 nitrogen and oxygen atoms in total. The molecule has 0 spiro atoms. The Balaban J connectivity index is 6.01. The second-order valence-electron chi connectivity index (χ2n) is 8.10. The molecular weight excluding hydrogens is 447 g/mol. The first-order valence-electron chi connectivity index (χ1n) is 9.63. The van der Waals surface area contributed by atoms with Crippen molar-refractivity contribution in [2.45, 2.75) is 78.0 Å². The maximum atomic E-state index is 12.7. The average molecular weight is 489 g/mol. The van der Waals surface area contributed by atoms with Crippen molar-refractivity contribution in [1.29, 1.82) is 0 Å². The van der Waals surface area contributed by atoms with Gasteiger partial charge in [0.1, 0.15) is 0 Å². The van der Waals surface area contributed by atoms with Crippen LogP contribution >= 0.6 is 10.9 Å². The molecule has 0 aromatic heterocycles. The molecule has 0 saturated carbocycles. The van der Waals surface area contributed by atoms with E-state index in [-0.39, 0.29) is 13.3 Å². The number of rotatable bonds is 12. The number of hydrogen-bond acceptors (Lipinski definition) is 0. The molecule has 0 rings (SSSR count). The van der Waals surface area contributed by atoms with Gasteiger partial charge in [-0.2, -0.15) is 0 Å². The molecule has 0 N–H and O–H groups in total. The first-order valence-corrected chi connectivity index (χ1v) is 18.7. The van der Waals surface area contributed by atoms with Crippen LogP contribution in [0.5, 0.6) is 0 Å². The Bertz CT molecular complexity index is 364. The normalized spacial score (nSPS) is 15.8. The molecule has 0 aromatic rings. The van der Waals surface area contributed by atoms with Crippen molar-refractivity contribution in [3.05, 3.63) is 24.3 Å². The molecule has 156 valence electrons. The van der Waals surface area contributed by atoms with E-state index >= 15 is 0 Å². The van der Waals surface area contributed by atoms with Gasteiger partial charge in [-0.25, -0.2) is 0 Å². The minimum atomic E-state index is -1.58. The predicted molar refractivity (Wildman–Crippen MR) is 117 cm³/mol. The van der Waals surface area contributed by atoms with Crippen molar-refractivity contribution < 1.29 is 25.8 Å². The SMILES string of the molecule is CC(C)[PH](CC=CCF)([Pd][PH](CC=CCF)(C(C)C)C(C)C)C(C)C. The molecule has 0 radical (unpaired) electrons. The van der Waals surface area contributed by atoms with Crippen LogP contribution in [0.2, 0.25) is 0 Å². The van der Waals surface area contributed by atoms with Crippen LogP contribution in [0.1, 0.15) is 55.4 Å². The van der Waals surface area contributed by atoms with Gasteiger partial charge < -0.3 is 0 Å². The van der Waals surface area contributed by atoms with Crippen molar-refractivity contribution in [3.63, 3.8) is 0 Å². The zero-order valence-electron chi connectivity index (χ0n) is 17.5. The van der Waals surface area contributed by atoms with Gasteiger partial charge in [0.15, 0.2) is 0 Å². The van der Waals surface area contributed by atoms with E-state index in [1.807, 2.05) is 0 Å². The molecule has 0 heterocycles. The zero-order chi connectivity index (χ0) is 19.7. The summed E-state index contributed by atoms with van der Waals surface area (Å²) < 4.78 is 25.3. The van der Waals surface area contributed by atoms with Gasteiger partial charge >= 0.3 is 165 Å². The Morgan fingerprint density at radius 2 is 0.880 bits per heavy atom. The van der Waals surface area contributed by atoms with E-state index < -0.39 is 10.9 Å². The molecule has 0 aliphatic rings. The van der Waals surface area contributed by atoms with E-state index in [0.29, 0.717) is 22.6 Å². The number of hydrogen-bond donors (Lipinski definition) is 0. The minimum absolute atomic E-state index is 0.359. The van der Waals surface area contributed by atoms with Crippen LogP contribution in [0.4, 0.5) is 8.78 Å². The Kier molecular flexibility index (Phi) is 12.8. The van der Waals surface area contributed by atoms with Crippen LogP contribution < -0.4 is 0 Å². The standard InChI is InChI=1S/2C10H20FP.Pd/c2*1-9(2)12(10(3)4)8-6-5-7-11;/h2*5-6,9-10H,7-8H2,1-4H3;/q;;-2/p+2. The zero-order valence-corrected chi connectivity index (χ0v) is 21.1. The van der Waals surface area contributed by atoms with Gasteiger partial charge in [-0.3, -0.25) is 0 Å². The number of allylic oxidation sites excluding steroid dienone is 4. The molecule has 0 aliphatic carbocycles. The van der Waals surface area contributed by atoms with Crippen LogP contribution in [0.15, 0.2) is 24.3 Å². The van der Waals surface area contributed by atoms with E-state index in [2.05, 4.69) is 67.5 Å². The van der Waals surface area contributed by atoms with Crippen molar-refractivity contribution >= 4 is 10.9 Å². The molecule has 25 heavy (non-hydrogen) atoms. The van der Waals surface area contributed by atoms with Gasteiger partial charge in [-0.15, -0.1) is 0 Å². The van der Waals surface area contributed by atoms with E-state index in [1.165, 1.54) is 0 Å². The summed E-state index contributed by atoms with van der Waals surface area (Å²) in [6.45, 7) is 18.4. The topological polar surface area (TPSA) is 0 Å². The first-order chi connectivity index (χ1) is 11.6. The molecule has 0 aromatic carbocycles. The summed E-state index contributed by atoms with van der Waals surface area (Å²) in [7, 11) is 0. The number of halogens is 2. The molecule has 0 fully saturated rings. The molecule has 0 aliphatic heterocycles. The third-order valence-electron chi connectivity index (χ3n) is 5.34. The summed E-state index contributed by atoms with van der Waals surface area (Å²) >= 11 is 0.765. The van der Waals surface area contributed by atoms with Gasteiger partial charge in [-0.05, 0) is 0 Å². The van der Waals surface area contributed by atoms with Crippen LogP contribution in [-0.4, -0.2) is 48.3 Å². The third-order valence-corrected chi connectivity index (χ3v) is 42.5. The van der Waals surface area contributed by atoms with Crippen molar-refractivity contribution in [1.82, 2.24) is 0 Å². The van der Waals surface area contributed by atoms with Crippen LogP contribution in [0, 0.1) is 0 Å². The molecule has 0 bridgehead atoms. The fourth-order valence-corrected chi connectivity index (χ4v) is 47.1. The summed E-state index contributed by atoms with van der Waals surface area (Å²) in [5.41, 5.74) is -0.377. The fraction of sp³-hybridized carbons (Fsp3) is 0.800. The monoisotopic (exact) mass is 488 g/mol. The number of alkyl halides is 2. The maximum absolute atomic E-state index is 12.7. The second-order valence-corrected chi connectivity index (χ2v) is 29.8. The van der Waals surface area contributed by atoms with E-state index in [0.717, 1.165) is 29.3 Å². The molecular formula is C20H42F2P2Pd. The van der Waals surface area contributed by atoms with Gasteiger partial charge in [0.05, 0.1) is 0 Å². The van der Waals surface area contributed by atoms with Gasteiger partial charge in [-0.1, -0.05) is 0 Å². The first kappa shape index (κ1) is 25.9. The Labute approximate surface area is 164 Å². The van der Waals surface area contributed by atoms with Crippen LogP contribution in [0.3, 0.4) is 0 Å². The Morgan fingerprint density at radius 3 is 1.08 bits per heavy atom. The average Bonchev–Trinajstić information content (AvgIpc) is 2.51. The molecule has 0 saturated heterocycles. The summed E-state index contributed by atoms with van der Waals surface area (Å²) in [4.78, 5) is 0. The van der Waals surface area contributed by atoms with E-state index in [9.17, 15) is 8.78 Å². The van der Waals surface area contributed by atoms with Crippen molar-refractivity contribution in [3.8, 4) is 0 Å². The predicted octanol–water partition coefficient (Wildman–Crippen LogP) is 7.08. The molecule has 0 amide bonds. The summed E-state index contributed by atoms with van der Waals surface area (Å²) in [5, 5.41) is 0. The quantitative estimate of drug-likeness (QED) is 0.156. The van der Waals surface area contributed by atoms with Crippen LogP contribution in [-0.2, 0) is 17.0 Å². The Hall–Kier alpha value is 0.862.